The molecule has 4 aromatic carbocycles. The summed E-state index contributed by atoms with van der Waals surface area (Å²) >= 11 is 0. The molecular weight excluding hydrogens is 1000 g/mol. The van der Waals surface area contributed by atoms with Crippen LogP contribution in [0.2, 0.25) is 0 Å². The first-order chi connectivity index (χ1) is 35.5. The van der Waals surface area contributed by atoms with E-state index in [2.05, 4.69) is 30.3 Å². The summed E-state index contributed by atoms with van der Waals surface area (Å²) in [5.74, 6) is 1.47. The molecule has 0 radical (unpaired) electrons. The minimum atomic E-state index is -5.05. The van der Waals surface area contributed by atoms with Crippen molar-refractivity contribution in [3.63, 3.8) is 0 Å². The molecule has 23 heteroatoms. The lowest BCUT2D eigenvalue weighted by Crippen LogP contribution is -2.51. The van der Waals surface area contributed by atoms with Gasteiger partial charge in [0.25, 0.3) is 0 Å². The Morgan fingerprint density at radius 1 is 0.733 bits per heavy atom. The van der Waals surface area contributed by atoms with Crippen molar-refractivity contribution in [2.45, 2.75) is 94.3 Å². The zero-order chi connectivity index (χ0) is 53.9. The Bertz CT molecular complexity index is 3340. The Morgan fingerprint density at radius 2 is 1.29 bits per heavy atom. The third-order valence-electron chi connectivity index (χ3n) is 11.9. The number of fused-ring (bicyclic) bond motifs is 1. The fourth-order valence-corrected chi connectivity index (χ4v) is 12.1. The highest BCUT2D eigenvalue weighted by Crippen LogP contribution is 2.42. The van der Waals surface area contributed by atoms with Crippen LogP contribution in [0.3, 0.4) is 0 Å². The monoisotopic (exact) mass is 1060 g/mol. The zero-order valence-electron chi connectivity index (χ0n) is 43.0. The van der Waals surface area contributed by atoms with Gasteiger partial charge < -0.3 is 38.9 Å². The molecule has 0 aliphatic carbocycles. The van der Waals surface area contributed by atoms with E-state index in [4.69, 9.17) is 28.8 Å². The number of likely N-dealkylation sites (tertiary alicyclic amines) is 1. The van der Waals surface area contributed by atoms with Gasteiger partial charge in [-0.05, 0) is 124 Å². The largest absolute Gasteiger partial charge is 0.497 e. The topological polar surface area (TPSA) is 251 Å². The van der Waals surface area contributed by atoms with Gasteiger partial charge in [-0.1, -0.05) is 42.5 Å². The summed E-state index contributed by atoms with van der Waals surface area (Å²) in [5, 5.41) is 16.3. The molecule has 2 atom stereocenters. The first kappa shape index (κ1) is 53.7. The Labute approximate surface area is 435 Å². The lowest BCUT2D eigenvalue weighted by molar-refractivity contribution is 0.0281. The second kappa shape index (κ2) is 21.7. The molecule has 0 bridgehead atoms. The molecular formula is C52H60N10O11S2. The molecule has 21 nitrogen and oxygen atoms in total. The van der Waals surface area contributed by atoms with Gasteiger partial charge in [0.05, 0.1) is 56.6 Å². The number of carbonyl (C=O) groups is 2. The quantitative estimate of drug-likeness (QED) is 0.0820. The van der Waals surface area contributed by atoms with Crippen molar-refractivity contribution < 1.29 is 50.1 Å². The Morgan fingerprint density at radius 3 is 1.85 bits per heavy atom. The number of hydrogen-bond acceptors (Lipinski definition) is 15. The summed E-state index contributed by atoms with van der Waals surface area (Å²) < 4.78 is 95.0. The third-order valence-corrected chi connectivity index (χ3v) is 15.4. The van der Waals surface area contributed by atoms with Crippen molar-refractivity contribution in [3.8, 4) is 39.8 Å². The van der Waals surface area contributed by atoms with Crippen LogP contribution in [-0.4, -0.2) is 126 Å². The average molecular weight is 1070 g/mol. The van der Waals surface area contributed by atoms with Crippen LogP contribution in [0, 0.1) is 0 Å². The Balaban J connectivity index is 1.35. The van der Waals surface area contributed by atoms with Crippen LogP contribution in [0.1, 0.15) is 58.2 Å². The lowest BCUT2D eigenvalue weighted by Gasteiger charge is -2.27. The zero-order valence-corrected chi connectivity index (χ0v) is 44.7. The van der Waals surface area contributed by atoms with E-state index in [1.54, 1.807) is 134 Å². The first-order valence-electron chi connectivity index (χ1n) is 23.8. The maximum absolute atomic E-state index is 16.3. The number of hydrogen-bond donors (Lipinski definition) is 3. The van der Waals surface area contributed by atoms with Gasteiger partial charge in [0.1, 0.15) is 38.2 Å². The van der Waals surface area contributed by atoms with Crippen LogP contribution in [0.25, 0.3) is 33.5 Å². The number of tetrazole rings is 1. The summed E-state index contributed by atoms with van der Waals surface area (Å²) in [6, 6.07) is 24.7. The van der Waals surface area contributed by atoms with Crippen LogP contribution in [0.15, 0.2) is 119 Å². The summed E-state index contributed by atoms with van der Waals surface area (Å²) in [5.41, 5.74) is 1.62. The number of aromatic nitrogens is 6. The number of aromatic amines is 1. The molecule has 1 saturated heterocycles. The average Bonchev–Trinajstić information content (AvgIpc) is 4.13. The number of alkyl carbamates (subject to hydrolysis) is 1. The van der Waals surface area contributed by atoms with Gasteiger partial charge in [0.15, 0.2) is 0 Å². The van der Waals surface area contributed by atoms with Gasteiger partial charge in [-0.25, -0.2) is 31.1 Å². The summed E-state index contributed by atoms with van der Waals surface area (Å²) in [6.45, 7) is 9.18. The molecule has 1 fully saturated rings. The molecule has 1 aliphatic rings. The Kier molecular flexibility index (Phi) is 15.5. The van der Waals surface area contributed by atoms with E-state index in [0.717, 1.165) is 5.56 Å². The van der Waals surface area contributed by atoms with E-state index in [0.29, 0.717) is 45.0 Å². The van der Waals surface area contributed by atoms with E-state index in [1.807, 2.05) is 12.1 Å². The minimum absolute atomic E-state index is 0.0902. The molecule has 0 spiro atoms. The van der Waals surface area contributed by atoms with Crippen LogP contribution in [-0.2, 0) is 49.2 Å². The van der Waals surface area contributed by atoms with Crippen LogP contribution < -0.4 is 24.2 Å². The SMILES string of the molecule is COc1ccc(CN(Cc2ccc(OC)cc2)S(=O)(=O)c2c(S(=O)(=O)N[C@@H]3CN(C(=O)OC(C)(C)C)C[C@@H]3NC(=O)OC(C)(C)C)ccc(-c3cnc4cc[nH]c4c3)c2-c2nnn(Cc3ccc(OC)cc3)n2)cc1. The first-order valence-corrected chi connectivity index (χ1v) is 26.7. The molecule has 3 aromatic heterocycles. The second-order valence-corrected chi connectivity index (χ2v) is 23.3. The number of carbonyl (C=O) groups excluding carboxylic acids is 2. The normalized spacial score (nSPS) is 15.3. The number of ether oxygens (including phenoxy) is 5. The molecule has 1 aliphatic heterocycles. The molecule has 0 saturated carbocycles. The van der Waals surface area contributed by atoms with Gasteiger partial charge in [-0.2, -0.15) is 9.10 Å². The number of nitrogens with zero attached hydrogens (tertiary/aromatic N) is 7. The van der Waals surface area contributed by atoms with Gasteiger partial charge in [-0.3, -0.25) is 4.98 Å². The van der Waals surface area contributed by atoms with Gasteiger partial charge in [0.2, 0.25) is 25.9 Å². The molecule has 2 amide bonds. The molecule has 396 valence electrons. The van der Waals surface area contributed by atoms with Crippen molar-refractivity contribution in [2.24, 2.45) is 0 Å². The third kappa shape index (κ3) is 12.8. The fourth-order valence-electron chi connectivity index (χ4n) is 8.37. The number of amides is 2. The number of methoxy groups -OCH3 is 3. The summed E-state index contributed by atoms with van der Waals surface area (Å²) in [7, 11) is -5.49. The highest BCUT2D eigenvalue weighted by atomic mass is 32.2. The molecule has 75 heavy (non-hydrogen) atoms. The minimum Gasteiger partial charge on any atom is -0.497 e. The second-order valence-electron chi connectivity index (χ2n) is 19.8. The van der Waals surface area contributed by atoms with Crippen molar-refractivity contribution in [1.29, 1.82) is 0 Å². The summed E-state index contributed by atoms with van der Waals surface area (Å²) in [6.07, 6.45) is 1.61. The van der Waals surface area contributed by atoms with Crippen LogP contribution >= 0.6 is 0 Å². The number of pyridine rings is 1. The maximum atomic E-state index is 16.3. The molecule has 0 unspecified atom stereocenters. The molecule has 3 N–H and O–H groups in total. The fraction of sp³-hybridized carbons (Fsp3) is 0.346. The highest BCUT2D eigenvalue weighted by molar-refractivity contribution is 7.92. The van der Waals surface area contributed by atoms with Crippen molar-refractivity contribution >= 4 is 43.3 Å². The predicted molar refractivity (Wildman–Crippen MR) is 278 cm³/mol. The van der Waals surface area contributed by atoms with E-state index in [9.17, 15) is 9.59 Å². The predicted octanol–water partition coefficient (Wildman–Crippen LogP) is 7.14. The van der Waals surface area contributed by atoms with E-state index in [1.165, 1.54) is 40.4 Å². The highest BCUT2D eigenvalue weighted by Gasteiger charge is 2.44. The van der Waals surface area contributed by atoms with E-state index >= 15 is 16.8 Å². The smallest absolute Gasteiger partial charge is 0.410 e. The van der Waals surface area contributed by atoms with Gasteiger partial charge >= 0.3 is 12.2 Å². The van der Waals surface area contributed by atoms with Gasteiger partial charge in [0, 0.05) is 44.1 Å². The van der Waals surface area contributed by atoms with Crippen LogP contribution in [0.5, 0.6) is 17.2 Å². The van der Waals surface area contributed by atoms with Crippen molar-refractivity contribution in [1.82, 2.24) is 49.4 Å². The lowest BCUT2D eigenvalue weighted by atomic mass is 10.00. The van der Waals surface area contributed by atoms with Crippen LogP contribution in [0.4, 0.5) is 9.59 Å². The standard InChI is InChI=1S/C52H60N10O11S2/c1-51(2,3)72-49(63)55-43-31-60(50(64)73-52(4,5)6)32-44(43)58-74(65,66)45-23-22-40(36-26-42-41(54-27-36)24-25-53-42)46(48-56-59-62(57-48)30-35-14-20-39(71-9)21-15-35)47(45)75(67,68)61(28-33-10-16-37(69-7)17-11-33)29-34-12-18-38(70-8)19-13-34/h10-27,43-44,53,58H,28-32H2,1-9H3,(H,55,63)/t43-,44+/m0/s1. The molecule has 4 heterocycles. The van der Waals surface area contributed by atoms with Gasteiger partial charge in [-0.15, -0.1) is 10.2 Å². The van der Waals surface area contributed by atoms with E-state index in [-0.39, 0.29) is 49.7 Å². The number of H-pyrrole nitrogens is 1. The Hall–Kier alpha value is -7.60. The van der Waals surface area contributed by atoms with Crippen molar-refractivity contribution in [3.05, 3.63) is 126 Å². The number of sulfonamides is 2. The number of benzene rings is 4. The summed E-state index contributed by atoms with van der Waals surface area (Å²) in [4.78, 5) is 35.8. The van der Waals surface area contributed by atoms with E-state index < -0.39 is 65.3 Å². The maximum Gasteiger partial charge on any atom is 0.410 e. The molecule has 8 rings (SSSR count). The number of nitrogens with one attached hydrogen (secondary N) is 3. The number of rotatable bonds is 17. The van der Waals surface area contributed by atoms with Crippen molar-refractivity contribution in [2.75, 3.05) is 34.4 Å². The molecule has 7 aromatic rings.